The Hall–Kier alpha value is -0.970. The van der Waals surface area contributed by atoms with E-state index in [1.54, 1.807) is 0 Å². The quantitative estimate of drug-likeness (QED) is 0.898. The van der Waals surface area contributed by atoms with E-state index in [0.29, 0.717) is 5.92 Å². The molecule has 1 heterocycles. The molecule has 0 unspecified atom stereocenters. The smallest absolute Gasteiger partial charge is 0.316 e. The Kier molecular flexibility index (Phi) is 2.65. The van der Waals surface area contributed by atoms with E-state index >= 15 is 0 Å². The Bertz CT molecular complexity index is 433. The predicted octanol–water partition coefficient (Wildman–Crippen LogP) is 2.70. The Morgan fingerprint density at radius 2 is 1.94 bits per heavy atom. The van der Waals surface area contributed by atoms with E-state index in [9.17, 15) is 9.90 Å². The number of carboxylic acids is 1. The lowest BCUT2D eigenvalue weighted by molar-refractivity contribution is -0.140. The van der Waals surface area contributed by atoms with E-state index < -0.39 is 11.4 Å². The Morgan fingerprint density at radius 3 is 2.53 bits per heavy atom. The van der Waals surface area contributed by atoms with E-state index in [1.165, 1.54) is 43.4 Å². The van der Waals surface area contributed by atoms with Gasteiger partial charge < -0.3 is 5.11 Å². The molecule has 92 valence electrons. The maximum Gasteiger partial charge on any atom is 0.316 e. The second-order valence-electron chi connectivity index (χ2n) is 5.17. The third-order valence-corrected chi connectivity index (χ3v) is 5.25. The Morgan fingerprint density at radius 1 is 1.24 bits per heavy atom. The van der Waals surface area contributed by atoms with E-state index in [1.807, 2.05) is 0 Å². The molecule has 0 saturated heterocycles. The van der Waals surface area contributed by atoms with Crippen LogP contribution in [0.4, 0.5) is 0 Å². The van der Waals surface area contributed by atoms with Gasteiger partial charge >= 0.3 is 5.97 Å². The molecule has 0 aliphatic heterocycles. The van der Waals surface area contributed by atoms with Crippen molar-refractivity contribution in [2.24, 2.45) is 0 Å². The zero-order valence-corrected chi connectivity index (χ0v) is 10.5. The number of hydrogen-bond acceptors (Lipinski definition) is 4. The molecule has 0 aromatic carbocycles. The van der Waals surface area contributed by atoms with Crippen LogP contribution >= 0.6 is 11.3 Å². The van der Waals surface area contributed by atoms with Gasteiger partial charge in [0, 0.05) is 5.92 Å². The largest absolute Gasteiger partial charge is 0.481 e. The maximum absolute atomic E-state index is 11.2. The monoisotopic (exact) mass is 252 g/mol. The molecule has 3 rings (SSSR count). The average Bonchev–Trinajstić information content (AvgIpc) is 3.02. The molecule has 2 aliphatic rings. The van der Waals surface area contributed by atoms with Crippen molar-refractivity contribution in [3.05, 3.63) is 10.0 Å². The molecule has 0 amide bonds. The number of aliphatic carboxylic acids is 1. The van der Waals surface area contributed by atoms with Crippen molar-refractivity contribution in [3.8, 4) is 0 Å². The maximum atomic E-state index is 11.2. The standard InChI is InChI=1S/C12H16N2O2S/c15-11(16)12(6-7-12)10-14-13-9(17-10)8-4-2-1-3-5-8/h8H,1-7H2,(H,15,16). The highest BCUT2D eigenvalue weighted by atomic mass is 32.1. The van der Waals surface area contributed by atoms with Gasteiger partial charge in [-0.3, -0.25) is 4.79 Å². The Labute approximate surface area is 104 Å². The molecule has 5 heteroatoms. The molecule has 0 bridgehead atoms. The zero-order chi connectivity index (χ0) is 11.9. The highest BCUT2D eigenvalue weighted by molar-refractivity contribution is 7.11. The van der Waals surface area contributed by atoms with E-state index in [4.69, 9.17) is 0 Å². The Balaban J connectivity index is 1.80. The first kappa shape index (κ1) is 11.1. The molecular formula is C12H16N2O2S. The van der Waals surface area contributed by atoms with Crippen LogP contribution in [0.25, 0.3) is 0 Å². The van der Waals surface area contributed by atoms with Crippen molar-refractivity contribution in [3.63, 3.8) is 0 Å². The number of nitrogens with zero attached hydrogens (tertiary/aromatic N) is 2. The minimum absolute atomic E-state index is 0.527. The van der Waals surface area contributed by atoms with E-state index in [2.05, 4.69) is 10.2 Å². The summed E-state index contributed by atoms with van der Waals surface area (Å²) < 4.78 is 0. The number of hydrogen-bond donors (Lipinski definition) is 1. The highest BCUT2D eigenvalue weighted by Crippen LogP contribution is 2.50. The van der Waals surface area contributed by atoms with Crippen molar-refractivity contribution < 1.29 is 9.90 Å². The van der Waals surface area contributed by atoms with Gasteiger partial charge in [-0.25, -0.2) is 0 Å². The third kappa shape index (κ3) is 1.86. The molecule has 2 saturated carbocycles. The lowest BCUT2D eigenvalue weighted by atomic mass is 9.90. The van der Waals surface area contributed by atoms with Crippen molar-refractivity contribution in [2.45, 2.75) is 56.3 Å². The summed E-state index contributed by atoms with van der Waals surface area (Å²) >= 11 is 1.53. The summed E-state index contributed by atoms with van der Waals surface area (Å²) in [6, 6.07) is 0. The minimum atomic E-state index is -0.733. The van der Waals surface area contributed by atoms with Crippen LogP contribution in [-0.2, 0) is 10.2 Å². The van der Waals surface area contributed by atoms with Crippen LogP contribution in [-0.4, -0.2) is 21.3 Å². The summed E-state index contributed by atoms with van der Waals surface area (Å²) in [5.41, 5.74) is -0.676. The van der Waals surface area contributed by atoms with Gasteiger partial charge in [-0.05, 0) is 25.7 Å². The van der Waals surface area contributed by atoms with Gasteiger partial charge in [-0.2, -0.15) is 0 Å². The second kappa shape index (κ2) is 4.05. The molecule has 4 nitrogen and oxygen atoms in total. The molecule has 1 N–H and O–H groups in total. The van der Waals surface area contributed by atoms with Crippen LogP contribution < -0.4 is 0 Å². The summed E-state index contributed by atoms with van der Waals surface area (Å²) in [7, 11) is 0. The van der Waals surface area contributed by atoms with Crippen LogP contribution in [0.1, 0.15) is 60.9 Å². The molecule has 0 spiro atoms. The second-order valence-corrected chi connectivity index (χ2v) is 6.18. The van der Waals surface area contributed by atoms with Gasteiger partial charge in [0.2, 0.25) is 0 Å². The lowest BCUT2D eigenvalue weighted by Crippen LogP contribution is -2.19. The molecular weight excluding hydrogens is 236 g/mol. The molecule has 0 atom stereocenters. The SMILES string of the molecule is O=C(O)C1(c2nnc(C3CCCCC3)s2)CC1. The first-order valence-electron chi connectivity index (χ1n) is 6.30. The summed E-state index contributed by atoms with van der Waals surface area (Å²) in [5, 5.41) is 19.4. The fraction of sp³-hybridized carbons (Fsp3) is 0.750. The van der Waals surface area contributed by atoms with Crippen molar-refractivity contribution in [1.82, 2.24) is 10.2 Å². The lowest BCUT2D eigenvalue weighted by Gasteiger charge is -2.18. The van der Waals surface area contributed by atoms with E-state index in [-0.39, 0.29) is 0 Å². The first-order valence-corrected chi connectivity index (χ1v) is 7.11. The van der Waals surface area contributed by atoms with Crippen LogP contribution in [0.5, 0.6) is 0 Å². The zero-order valence-electron chi connectivity index (χ0n) is 9.69. The molecule has 1 aromatic rings. The highest BCUT2D eigenvalue weighted by Gasteiger charge is 2.54. The van der Waals surface area contributed by atoms with Gasteiger partial charge in [-0.15, -0.1) is 21.5 Å². The van der Waals surface area contributed by atoms with Gasteiger partial charge in [-0.1, -0.05) is 19.3 Å². The van der Waals surface area contributed by atoms with Crippen molar-refractivity contribution in [2.75, 3.05) is 0 Å². The third-order valence-electron chi connectivity index (χ3n) is 3.96. The molecule has 2 aliphatic carbocycles. The van der Waals surface area contributed by atoms with E-state index in [0.717, 1.165) is 22.9 Å². The number of aromatic nitrogens is 2. The van der Waals surface area contributed by atoms with Crippen LogP contribution in [0.2, 0.25) is 0 Å². The first-order chi connectivity index (χ1) is 8.22. The predicted molar refractivity (Wildman–Crippen MR) is 64.3 cm³/mol. The topological polar surface area (TPSA) is 63.1 Å². The van der Waals surface area contributed by atoms with Crippen molar-refractivity contribution in [1.29, 1.82) is 0 Å². The molecule has 1 aromatic heterocycles. The number of carboxylic acid groups (broad SMARTS) is 1. The van der Waals surface area contributed by atoms with Crippen LogP contribution in [0, 0.1) is 0 Å². The fourth-order valence-electron chi connectivity index (χ4n) is 2.59. The molecule has 17 heavy (non-hydrogen) atoms. The van der Waals surface area contributed by atoms with Gasteiger partial charge in [0.25, 0.3) is 0 Å². The normalized spacial score (nSPS) is 23.5. The summed E-state index contributed by atoms with van der Waals surface area (Å²) in [6.07, 6.45) is 7.68. The molecule has 2 fully saturated rings. The molecule has 0 radical (unpaired) electrons. The summed E-state index contributed by atoms with van der Waals surface area (Å²) in [4.78, 5) is 11.2. The fourth-order valence-corrected chi connectivity index (χ4v) is 3.84. The van der Waals surface area contributed by atoms with Crippen LogP contribution in [0.15, 0.2) is 0 Å². The van der Waals surface area contributed by atoms with Crippen LogP contribution in [0.3, 0.4) is 0 Å². The van der Waals surface area contributed by atoms with Crippen molar-refractivity contribution >= 4 is 17.3 Å². The van der Waals surface area contributed by atoms with Gasteiger partial charge in [0.05, 0.1) is 0 Å². The van der Waals surface area contributed by atoms with Gasteiger partial charge in [0.1, 0.15) is 15.4 Å². The summed E-state index contributed by atoms with van der Waals surface area (Å²) in [5.74, 6) is -0.205. The number of carbonyl (C=O) groups is 1. The number of rotatable bonds is 3. The van der Waals surface area contributed by atoms with Gasteiger partial charge in [0.15, 0.2) is 0 Å². The summed E-state index contributed by atoms with van der Waals surface area (Å²) in [6.45, 7) is 0. The minimum Gasteiger partial charge on any atom is -0.481 e. The average molecular weight is 252 g/mol.